The topological polar surface area (TPSA) is 92.8 Å². The molecule has 0 bridgehead atoms. The van der Waals surface area contributed by atoms with E-state index in [9.17, 15) is 18.0 Å². The van der Waals surface area contributed by atoms with Crippen LogP contribution >= 0.6 is 27.5 Å². The summed E-state index contributed by atoms with van der Waals surface area (Å²) in [6.45, 7) is -0.496. The zero-order chi connectivity index (χ0) is 23.3. The van der Waals surface area contributed by atoms with Crippen LogP contribution in [0.4, 0.5) is 11.4 Å². The van der Waals surface area contributed by atoms with E-state index >= 15 is 0 Å². The van der Waals surface area contributed by atoms with E-state index < -0.39 is 28.4 Å². The summed E-state index contributed by atoms with van der Waals surface area (Å²) < 4.78 is 33.0. The van der Waals surface area contributed by atoms with Crippen LogP contribution in [0.15, 0.2) is 82.2 Å². The van der Waals surface area contributed by atoms with Gasteiger partial charge in [0.15, 0.2) is 0 Å². The molecule has 166 valence electrons. The van der Waals surface area contributed by atoms with Crippen LogP contribution in [0.1, 0.15) is 10.4 Å². The minimum absolute atomic E-state index is 0.0484. The van der Waals surface area contributed by atoms with E-state index in [1.165, 1.54) is 37.4 Å². The minimum atomic E-state index is -4.03. The number of sulfonamides is 1. The van der Waals surface area contributed by atoms with Gasteiger partial charge in [0, 0.05) is 10.2 Å². The summed E-state index contributed by atoms with van der Waals surface area (Å²) in [5, 5.41) is 2.77. The molecule has 0 aliphatic heterocycles. The summed E-state index contributed by atoms with van der Waals surface area (Å²) in [5.74, 6) is -1.27. The molecule has 0 aliphatic carbocycles. The molecule has 0 saturated carbocycles. The largest absolute Gasteiger partial charge is 0.465 e. The van der Waals surface area contributed by atoms with Crippen molar-refractivity contribution in [1.29, 1.82) is 0 Å². The molecular weight excluding hydrogens is 520 g/mol. The van der Waals surface area contributed by atoms with E-state index in [1.54, 1.807) is 42.5 Å². The Morgan fingerprint density at radius 2 is 1.75 bits per heavy atom. The van der Waals surface area contributed by atoms with Crippen molar-refractivity contribution in [2.75, 3.05) is 23.3 Å². The summed E-state index contributed by atoms with van der Waals surface area (Å²) >= 11 is 9.34. The number of hydrogen-bond acceptors (Lipinski definition) is 5. The number of carbonyl (C=O) groups excluding carboxylic acids is 2. The molecule has 0 unspecified atom stereocenters. The highest BCUT2D eigenvalue weighted by atomic mass is 79.9. The Labute approximate surface area is 199 Å². The predicted octanol–water partition coefficient (Wildman–Crippen LogP) is 4.72. The van der Waals surface area contributed by atoms with Gasteiger partial charge in [0.25, 0.3) is 10.0 Å². The van der Waals surface area contributed by atoms with Crippen LogP contribution in [-0.4, -0.2) is 33.9 Å². The number of methoxy groups -OCH3 is 1. The van der Waals surface area contributed by atoms with Crippen molar-refractivity contribution >= 4 is 60.8 Å². The molecular formula is C22H18BrClN2O5S. The summed E-state index contributed by atoms with van der Waals surface area (Å²) in [7, 11) is -2.82. The van der Waals surface area contributed by atoms with E-state index in [4.69, 9.17) is 11.6 Å². The molecule has 0 spiro atoms. The van der Waals surface area contributed by atoms with Crippen molar-refractivity contribution < 1.29 is 22.7 Å². The van der Waals surface area contributed by atoms with Crippen molar-refractivity contribution in [3.05, 3.63) is 87.9 Å². The highest BCUT2D eigenvalue weighted by molar-refractivity contribution is 9.10. The Balaban J connectivity index is 1.92. The van der Waals surface area contributed by atoms with Crippen LogP contribution in [0.2, 0.25) is 5.02 Å². The van der Waals surface area contributed by atoms with Crippen LogP contribution in [0.25, 0.3) is 0 Å². The number of benzene rings is 3. The molecule has 3 aromatic carbocycles. The van der Waals surface area contributed by atoms with Gasteiger partial charge in [0.05, 0.1) is 28.3 Å². The smallest absolute Gasteiger partial charge is 0.339 e. The monoisotopic (exact) mass is 536 g/mol. The maximum absolute atomic E-state index is 13.3. The SMILES string of the molecule is COC(=O)c1cc(NC(=O)CN(c2cccc(Br)c2)S(=O)(=O)c2ccccc2)ccc1Cl. The van der Waals surface area contributed by atoms with Crippen LogP contribution < -0.4 is 9.62 Å². The number of rotatable bonds is 7. The number of hydrogen-bond donors (Lipinski definition) is 1. The number of amides is 1. The molecule has 0 aromatic heterocycles. The van der Waals surface area contributed by atoms with Crippen molar-refractivity contribution in [1.82, 2.24) is 0 Å². The highest BCUT2D eigenvalue weighted by Crippen LogP contribution is 2.27. The molecule has 3 rings (SSSR count). The van der Waals surface area contributed by atoms with Crippen molar-refractivity contribution in [2.45, 2.75) is 4.90 Å². The fourth-order valence-electron chi connectivity index (χ4n) is 2.87. The molecule has 0 heterocycles. The standard InChI is InChI=1S/C22H18BrClN2O5S/c1-31-22(28)19-13-16(10-11-20(19)24)25-21(27)14-26(17-7-5-6-15(23)12-17)32(29,30)18-8-3-2-4-9-18/h2-13H,14H2,1H3,(H,25,27). The zero-order valence-electron chi connectivity index (χ0n) is 16.8. The van der Waals surface area contributed by atoms with E-state index in [-0.39, 0.29) is 21.2 Å². The van der Waals surface area contributed by atoms with Gasteiger partial charge in [-0.05, 0) is 48.5 Å². The molecule has 3 aromatic rings. The van der Waals surface area contributed by atoms with Crippen LogP contribution in [0.5, 0.6) is 0 Å². The lowest BCUT2D eigenvalue weighted by Crippen LogP contribution is -2.38. The Morgan fingerprint density at radius 3 is 2.41 bits per heavy atom. The number of nitrogens with one attached hydrogen (secondary N) is 1. The van der Waals surface area contributed by atoms with E-state index in [1.807, 2.05) is 0 Å². The second-order valence-electron chi connectivity index (χ2n) is 6.54. The first-order valence-electron chi connectivity index (χ1n) is 9.23. The number of nitrogens with zero attached hydrogens (tertiary/aromatic N) is 1. The maximum atomic E-state index is 13.3. The van der Waals surface area contributed by atoms with Gasteiger partial charge in [-0.1, -0.05) is 51.8 Å². The molecule has 32 heavy (non-hydrogen) atoms. The molecule has 0 fully saturated rings. The molecule has 0 atom stereocenters. The first-order chi connectivity index (χ1) is 15.2. The fraction of sp³-hybridized carbons (Fsp3) is 0.0909. The van der Waals surface area contributed by atoms with Crippen molar-refractivity contribution in [3.8, 4) is 0 Å². The third kappa shape index (κ3) is 5.48. The lowest BCUT2D eigenvalue weighted by molar-refractivity contribution is -0.114. The summed E-state index contributed by atoms with van der Waals surface area (Å²) in [5.41, 5.74) is 0.656. The third-order valence-corrected chi connectivity index (χ3v) is 6.98. The second-order valence-corrected chi connectivity index (χ2v) is 9.72. The molecule has 0 saturated heterocycles. The van der Waals surface area contributed by atoms with E-state index in [0.717, 1.165) is 4.31 Å². The molecule has 7 nitrogen and oxygen atoms in total. The average Bonchev–Trinajstić information content (AvgIpc) is 2.78. The zero-order valence-corrected chi connectivity index (χ0v) is 19.9. The normalized spacial score (nSPS) is 11.0. The van der Waals surface area contributed by atoms with Gasteiger partial charge in [-0.3, -0.25) is 9.10 Å². The lowest BCUT2D eigenvalue weighted by atomic mass is 10.2. The van der Waals surface area contributed by atoms with Crippen LogP contribution in [-0.2, 0) is 19.6 Å². The molecule has 0 aliphatic rings. The fourth-order valence-corrected chi connectivity index (χ4v) is 4.88. The van der Waals surface area contributed by atoms with Gasteiger partial charge in [-0.15, -0.1) is 0 Å². The Hall–Kier alpha value is -2.88. The third-order valence-electron chi connectivity index (χ3n) is 4.37. The van der Waals surface area contributed by atoms with Gasteiger partial charge in [-0.25, -0.2) is 13.2 Å². The molecule has 10 heteroatoms. The van der Waals surface area contributed by atoms with Gasteiger partial charge in [0.1, 0.15) is 6.54 Å². The number of anilines is 2. The molecule has 1 amide bonds. The van der Waals surface area contributed by atoms with Crippen molar-refractivity contribution in [2.24, 2.45) is 0 Å². The Kier molecular flexibility index (Phi) is 7.55. The first kappa shape index (κ1) is 23.8. The number of carbonyl (C=O) groups is 2. The number of esters is 1. The number of ether oxygens (including phenoxy) is 1. The summed E-state index contributed by atoms with van der Waals surface area (Å²) in [4.78, 5) is 24.7. The van der Waals surface area contributed by atoms with E-state index in [2.05, 4.69) is 26.0 Å². The molecule has 0 radical (unpaired) electrons. The van der Waals surface area contributed by atoms with Crippen LogP contribution in [0, 0.1) is 0 Å². The summed E-state index contributed by atoms with van der Waals surface area (Å²) in [6.07, 6.45) is 0. The minimum Gasteiger partial charge on any atom is -0.465 e. The van der Waals surface area contributed by atoms with Gasteiger partial charge in [-0.2, -0.15) is 0 Å². The van der Waals surface area contributed by atoms with Crippen LogP contribution in [0.3, 0.4) is 0 Å². The van der Waals surface area contributed by atoms with Gasteiger partial charge >= 0.3 is 5.97 Å². The second kappa shape index (κ2) is 10.2. The lowest BCUT2D eigenvalue weighted by Gasteiger charge is -2.24. The quantitative estimate of drug-likeness (QED) is 0.440. The molecule has 1 N–H and O–H groups in total. The van der Waals surface area contributed by atoms with Gasteiger partial charge in [0.2, 0.25) is 5.91 Å². The average molecular weight is 538 g/mol. The predicted molar refractivity (Wildman–Crippen MR) is 127 cm³/mol. The van der Waals surface area contributed by atoms with Crippen molar-refractivity contribution in [3.63, 3.8) is 0 Å². The summed E-state index contributed by atoms with van der Waals surface area (Å²) in [6, 6.07) is 18.8. The Morgan fingerprint density at radius 1 is 1.03 bits per heavy atom. The van der Waals surface area contributed by atoms with Gasteiger partial charge < -0.3 is 10.1 Å². The van der Waals surface area contributed by atoms with E-state index in [0.29, 0.717) is 10.2 Å². The number of halogens is 2. The first-order valence-corrected chi connectivity index (χ1v) is 11.8. The Bertz CT molecular complexity index is 1250. The maximum Gasteiger partial charge on any atom is 0.339 e. The highest BCUT2D eigenvalue weighted by Gasteiger charge is 2.27.